The molecular weight excluding hydrogens is 752 g/mol. The molecule has 0 bridgehead atoms. The molecule has 2 aromatic heterocycles. The lowest BCUT2D eigenvalue weighted by molar-refractivity contribution is -0.123. The van der Waals surface area contributed by atoms with Gasteiger partial charge in [-0.15, -0.1) is 22.7 Å². The number of halogens is 1. The minimum atomic E-state index is -0.315. The first kappa shape index (κ1) is 42.4. The summed E-state index contributed by atoms with van der Waals surface area (Å²) in [6.07, 6.45) is 22.6. The van der Waals surface area contributed by atoms with Gasteiger partial charge in [-0.3, -0.25) is 19.4 Å². The van der Waals surface area contributed by atoms with Crippen molar-refractivity contribution in [2.45, 2.75) is 130 Å². The van der Waals surface area contributed by atoms with Crippen molar-refractivity contribution in [2.24, 2.45) is 11.8 Å². The highest BCUT2D eigenvalue weighted by Gasteiger charge is 2.35. The fraction of sp³-hybridized carbons (Fsp3) is 0.600. The summed E-state index contributed by atoms with van der Waals surface area (Å²) in [5, 5.41) is 0. The van der Waals surface area contributed by atoms with E-state index in [4.69, 9.17) is 24.4 Å². The number of nitrogens with zero attached hydrogens (tertiary/aromatic N) is 2. The highest BCUT2D eigenvalue weighted by molar-refractivity contribution is 8.27. The minimum absolute atomic E-state index is 0.0231. The Balaban J connectivity index is 1.41. The molecule has 2 saturated heterocycles. The number of hydrogen-bond donors (Lipinski definition) is 0. The zero-order chi connectivity index (χ0) is 36.8. The molecule has 0 aliphatic carbocycles. The number of thiophene rings is 2. The summed E-state index contributed by atoms with van der Waals surface area (Å²) in [6, 6.07) is 5.35. The van der Waals surface area contributed by atoms with Gasteiger partial charge in [-0.2, -0.15) is 0 Å². The highest BCUT2D eigenvalue weighted by atomic mass is 32.2. The molecule has 4 rings (SSSR count). The van der Waals surface area contributed by atoms with E-state index in [9.17, 15) is 9.59 Å². The van der Waals surface area contributed by atoms with Crippen molar-refractivity contribution in [3.63, 3.8) is 0 Å². The number of hydrogen-bond acceptors (Lipinski definition) is 8. The largest absolute Gasteiger partial charge is 0.293 e. The normalized spacial score (nSPS) is 18.0. The predicted molar refractivity (Wildman–Crippen MR) is 231 cm³/mol. The first-order chi connectivity index (χ1) is 24.7. The molecule has 2 unspecified atom stereocenters. The van der Waals surface area contributed by atoms with Crippen LogP contribution in [0.1, 0.15) is 140 Å². The molecule has 11 heteroatoms. The van der Waals surface area contributed by atoms with E-state index in [0.717, 1.165) is 54.7 Å². The molecule has 2 atom stereocenters. The van der Waals surface area contributed by atoms with Crippen LogP contribution in [0.3, 0.4) is 0 Å². The summed E-state index contributed by atoms with van der Waals surface area (Å²) in [7, 11) is 0. The van der Waals surface area contributed by atoms with Gasteiger partial charge in [-0.05, 0) is 67.9 Å². The van der Waals surface area contributed by atoms with Gasteiger partial charge in [0.2, 0.25) is 0 Å². The van der Waals surface area contributed by atoms with Crippen molar-refractivity contribution in [3.05, 3.63) is 43.6 Å². The van der Waals surface area contributed by atoms with Gasteiger partial charge in [0.1, 0.15) is 14.5 Å². The van der Waals surface area contributed by atoms with E-state index in [1.807, 2.05) is 18.2 Å². The molecule has 2 amide bonds. The van der Waals surface area contributed by atoms with Gasteiger partial charge in [0, 0.05) is 27.7 Å². The lowest BCUT2D eigenvalue weighted by Crippen LogP contribution is -2.33. The quantitative estimate of drug-likeness (QED) is 0.0633. The number of thiocarbonyl (C=S) groups is 2. The van der Waals surface area contributed by atoms with E-state index >= 15 is 4.39 Å². The third-order valence-electron chi connectivity index (χ3n) is 9.60. The third kappa shape index (κ3) is 12.6. The summed E-state index contributed by atoms with van der Waals surface area (Å²) >= 11 is 16.8. The molecule has 0 radical (unpaired) electrons. The molecule has 2 aliphatic rings. The van der Waals surface area contributed by atoms with Crippen LogP contribution in [0.2, 0.25) is 0 Å². The van der Waals surface area contributed by atoms with Crippen LogP contribution in [0, 0.1) is 17.7 Å². The van der Waals surface area contributed by atoms with E-state index in [2.05, 4.69) is 27.7 Å². The van der Waals surface area contributed by atoms with Gasteiger partial charge in [-0.25, -0.2) is 4.39 Å². The molecule has 4 heterocycles. The maximum Gasteiger partial charge on any atom is 0.266 e. The van der Waals surface area contributed by atoms with Crippen LogP contribution >= 0.6 is 70.6 Å². The van der Waals surface area contributed by atoms with Gasteiger partial charge in [-0.1, -0.05) is 153 Å². The van der Waals surface area contributed by atoms with Crippen molar-refractivity contribution >= 4 is 103 Å². The summed E-state index contributed by atoms with van der Waals surface area (Å²) in [6.45, 7) is 10.2. The van der Waals surface area contributed by atoms with Gasteiger partial charge in [0.15, 0.2) is 0 Å². The Morgan fingerprint density at radius 1 is 0.647 bits per heavy atom. The van der Waals surface area contributed by atoms with Crippen LogP contribution < -0.4 is 0 Å². The van der Waals surface area contributed by atoms with Gasteiger partial charge in [0.25, 0.3) is 11.8 Å². The number of rotatable bonds is 23. The van der Waals surface area contributed by atoms with Crippen LogP contribution in [0.15, 0.2) is 28.0 Å². The first-order valence-electron chi connectivity index (χ1n) is 19.1. The number of thioether (sulfide) groups is 2. The van der Waals surface area contributed by atoms with Gasteiger partial charge >= 0.3 is 0 Å². The fourth-order valence-electron chi connectivity index (χ4n) is 6.63. The van der Waals surface area contributed by atoms with Crippen LogP contribution in [0.4, 0.5) is 4.39 Å². The maximum absolute atomic E-state index is 15.4. The second-order valence-corrected chi connectivity index (χ2v) is 19.4. The Morgan fingerprint density at radius 3 is 1.61 bits per heavy atom. The zero-order valence-corrected chi connectivity index (χ0v) is 35.7. The van der Waals surface area contributed by atoms with E-state index < -0.39 is 0 Å². The predicted octanol–water partition coefficient (Wildman–Crippen LogP) is 13.6. The second-order valence-electron chi connectivity index (χ2n) is 13.8. The minimum Gasteiger partial charge on any atom is -0.293 e. The molecule has 0 N–H and O–H groups in total. The molecule has 0 spiro atoms. The molecule has 280 valence electrons. The second kappa shape index (κ2) is 22.1. The first-order valence-corrected chi connectivity index (χ1v) is 23.2. The molecular formula is C40H55FN2O2S6. The lowest BCUT2D eigenvalue weighted by Gasteiger charge is -2.23. The highest BCUT2D eigenvalue weighted by Crippen LogP contribution is 2.41. The molecule has 4 nitrogen and oxygen atoms in total. The number of amides is 2. The number of carbonyl (C=O) groups is 2. The molecule has 51 heavy (non-hydrogen) atoms. The van der Waals surface area contributed by atoms with Crippen LogP contribution in [0.5, 0.6) is 0 Å². The van der Waals surface area contributed by atoms with Crippen molar-refractivity contribution in [3.8, 4) is 9.75 Å². The average molecular weight is 807 g/mol. The van der Waals surface area contributed by atoms with Crippen molar-refractivity contribution in [2.75, 3.05) is 13.1 Å². The molecule has 0 aromatic carbocycles. The van der Waals surface area contributed by atoms with Crippen LogP contribution in [0.25, 0.3) is 21.9 Å². The Hall–Kier alpha value is -1.37. The number of carbonyl (C=O) groups excluding carboxylic acids is 2. The SMILES string of the molecule is CCCCCCC(CCCC)CN1C(=O)/C(=C/c2ccc(-c3sc(/C=C4\SC(=S)N(CC(CCCC)CCCCCC)C4=O)cc3F)s2)SC1=S. The van der Waals surface area contributed by atoms with E-state index in [1.165, 1.54) is 110 Å². The van der Waals surface area contributed by atoms with E-state index in [-0.39, 0.29) is 17.6 Å². The van der Waals surface area contributed by atoms with Crippen LogP contribution in [-0.2, 0) is 9.59 Å². The Morgan fingerprint density at radius 2 is 1.12 bits per heavy atom. The average Bonchev–Trinajstić information content (AvgIpc) is 3.85. The summed E-state index contributed by atoms with van der Waals surface area (Å²) < 4.78 is 16.6. The fourth-order valence-corrected chi connectivity index (χ4v) is 11.4. The monoisotopic (exact) mass is 806 g/mol. The van der Waals surface area contributed by atoms with Gasteiger partial charge in [0.05, 0.1) is 14.7 Å². The summed E-state index contributed by atoms with van der Waals surface area (Å²) in [4.78, 5) is 34.6. The summed E-state index contributed by atoms with van der Waals surface area (Å²) in [5.41, 5.74) is 0. The van der Waals surface area contributed by atoms with Crippen molar-refractivity contribution < 1.29 is 14.0 Å². The molecule has 2 aliphatic heterocycles. The van der Waals surface area contributed by atoms with Crippen LogP contribution in [-0.4, -0.2) is 43.3 Å². The van der Waals surface area contributed by atoms with Crippen molar-refractivity contribution in [1.82, 2.24) is 9.80 Å². The Labute approximate surface area is 333 Å². The Kier molecular flexibility index (Phi) is 18.4. The zero-order valence-electron chi connectivity index (χ0n) is 30.8. The van der Waals surface area contributed by atoms with Crippen molar-refractivity contribution in [1.29, 1.82) is 0 Å². The lowest BCUT2D eigenvalue weighted by atomic mass is 9.94. The third-order valence-corrected chi connectivity index (χ3v) is 14.6. The van der Waals surface area contributed by atoms with E-state index in [0.29, 0.717) is 53.1 Å². The van der Waals surface area contributed by atoms with E-state index in [1.54, 1.807) is 15.9 Å². The molecule has 2 aromatic rings. The summed E-state index contributed by atoms with van der Waals surface area (Å²) in [5.74, 6) is 0.495. The standard InChI is InChI=1S/C40H55FN2O2S6/c1-5-9-13-15-19-28(17-11-7-3)26-42-37(44)34(50-39(42)46)24-30-21-22-33(48-30)36-32(41)23-31(49-36)25-35-38(45)43(40(47)51-35)27-29(18-12-8-4)20-16-14-10-6-2/h21-25,28-29H,5-20,26-27H2,1-4H3/b34-24-,35-25-. The smallest absolute Gasteiger partial charge is 0.266 e. The maximum atomic E-state index is 15.4. The Bertz CT molecular complexity index is 1540. The molecule has 2 fully saturated rings. The topological polar surface area (TPSA) is 40.6 Å². The van der Waals surface area contributed by atoms with Gasteiger partial charge < -0.3 is 0 Å². The molecule has 0 saturated carbocycles. The number of unbranched alkanes of at least 4 members (excludes halogenated alkanes) is 8.